The van der Waals surface area contributed by atoms with Crippen molar-refractivity contribution in [3.8, 4) is 17.0 Å². The van der Waals surface area contributed by atoms with Crippen LogP contribution in [-0.2, 0) is 17.5 Å². The summed E-state index contributed by atoms with van der Waals surface area (Å²) >= 11 is 0. The van der Waals surface area contributed by atoms with E-state index in [-0.39, 0.29) is 23.6 Å². The summed E-state index contributed by atoms with van der Waals surface area (Å²) in [5, 5.41) is 13.9. The van der Waals surface area contributed by atoms with Crippen molar-refractivity contribution in [2.45, 2.75) is 82.2 Å². The van der Waals surface area contributed by atoms with Crippen LogP contribution in [0.25, 0.3) is 22.2 Å². The molecule has 0 spiro atoms. The average Bonchev–Trinajstić information content (AvgIpc) is 3.88. The maximum absolute atomic E-state index is 14.7. The van der Waals surface area contributed by atoms with Crippen LogP contribution in [0.4, 0.5) is 19.1 Å². The lowest BCUT2D eigenvalue weighted by Crippen LogP contribution is -2.70. The minimum atomic E-state index is -4.95. The van der Waals surface area contributed by atoms with E-state index >= 15 is 0 Å². The van der Waals surface area contributed by atoms with E-state index in [4.69, 9.17) is 4.74 Å². The van der Waals surface area contributed by atoms with Crippen molar-refractivity contribution in [1.29, 1.82) is 0 Å². The molecule has 1 aromatic carbocycles. The van der Waals surface area contributed by atoms with E-state index in [1.807, 2.05) is 24.4 Å². The van der Waals surface area contributed by atoms with E-state index < -0.39 is 34.8 Å². The molecule has 5 saturated carbocycles. The number of halogens is 3. The zero-order valence-corrected chi connectivity index (χ0v) is 28.7. The summed E-state index contributed by atoms with van der Waals surface area (Å²) in [7, 11) is 0. The molecular weight excluding hydrogens is 673 g/mol. The summed E-state index contributed by atoms with van der Waals surface area (Å²) < 4.78 is 52.7. The molecule has 3 aromatic heterocycles. The molecule has 6 fully saturated rings. The fourth-order valence-corrected chi connectivity index (χ4v) is 9.90. The SMILES string of the molecule is O=C(NC1(C(=O)O)C2CC3CC(C2)CC1C3)c1ccc(-c2cn(CC3CC3)c3cc(OC4CCN(c5ncccn5)CC4)ccc23)nc1C(F)(F)F. The molecule has 10 rings (SSSR count). The van der Waals surface area contributed by atoms with Crippen LogP contribution in [-0.4, -0.2) is 61.2 Å². The highest BCUT2D eigenvalue weighted by molar-refractivity contribution is 6.00. The number of piperidine rings is 1. The van der Waals surface area contributed by atoms with E-state index in [1.165, 1.54) is 6.07 Å². The third-order valence-electron chi connectivity index (χ3n) is 12.4. The number of aromatic nitrogens is 4. The molecule has 10 nitrogen and oxygen atoms in total. The number of alkyl halides is 3. The normalized spacial score (nSPS) is 27.2. The number of fused-ring (bicyclic) bond motifs is 1. The highest BCUT2D eigenvalue weighted by atomic mass is 19.4. The number of amides is 1. The number of carbonyl (C=O) groups excluding carboxylic acids is 1. The third-order valence-corrected chi connectivity index (χ3v) is 12.4. The molecule has 6 aliphatic rings. The van der Waals surface area contributed by atoms with Crippen molar-refractivity contribution in [2.24, 2.45) is 29.6 Å². The first-order valence-electron chi connectivity index (χ1n) is 18.5. The van der Waals surface area contributed by atoms with Crippen molar-refractivity contribution < 1.29 is 32.6 Å². The maximum Gasteiger partial charge on any atom is 0.434 e. The van der Waals surface area contributed by atoms with Gasteiger partial charge in [-0.25, -0.2) is 19.7 Å². The Morgan fingerprint density at radius 1 is 0.942 bits per heavy atom. The van der Waals surface area contributed by atoms with Gasteiger partial charge in [-0.3, -0.25) is 4.79 Å². The molecule has 0 radical (unpaired) electrons. The second-order valence-electron chi connectivity index (χ2n) is 15.7. The molecule has 2 N–H and O–H groups in total. The molecule has 5 aliphatic carbocycles. The summed E-state index contributed by atoms with van der Waals surface area (Å²) in [6.45, 7) is 2.25. The number of ether oxygens (including phenoxy) is 1. The van der Waals surface area contributed by atoms with Crippen molar-refractivity contribution in [1.82, 2.24) is 24.8 Å². The molecule has 1 aliphatic heterocycles. The van der Waals surface area contributed by atoms with E-state index in [0.29, 0.717) is 60.7 Å². The first-order chi connectivity index (χ1) is 25.0. The monoisotopic (exact) mass is 714 g/mol. The fourth-order valence-electron chi connectivity index (χ4n) is 9.90. The van der Waals surface area contributed by atoms with E-state index in [9.17, 15) is 27.9 Å². The summed E-state index contributed by atoms with van der Waals surface area (Å²) in [5.74, 6) is -0.0756. The molecule has 4 bridgehead atoms. The molecule has 4 aromatic rings. The van der Waals surface area contributed by atoms with Gasteiger partial charge in [0.05, 0.1) is 16.8 Å². The van der Waals surface area contributed by atoms with Crippen LogP contribution in [0.15, 0.2) is 55.0 Å². The van der Waals surface area contributed by atoms with Crippen molar-refractivity contribution >= 4 is 28.7 Å². The van der Waals surface area contributed by atoms with Crippen LogP contribution in [0, 0.1) is 29.6 Å². The molecule has 1 saturated heterocycles. The highest BCUT2D eigenvalue weighted by Gasteiger charge is 2.62. The second-order valence-corrected chi connectivity index (χ2v) is 15.7. The highest BCUT2D eigenvalue weighted by Crippen LogP contribution is 2.58. The zero-order valence-electron chi connectivity index (χ0n) is 28.7. The number of carbonyl (C=O) groups is 2. The minimum absolute atomic E-state index is 0.00225. The third kappa shape index (κ3) is 5.85. The van der Waals surface area contributed by atoms with E-state index in [2.05, 4.69) is 29.7 Å². The quantitative estimate of drug-likeness (QED) is 0.191. The minimum Gasteiger partial charge on any atom is -0.490 e. The predicted molar refractivity (Wildman–Crippen MR) is 186 cm³/mol. The summed E-state index contributed by atoms with van der Waals surface area (Å²) in [6, 6.07) is 10.1. The maximum atomic E-state index is 14.7. The van der Waals surface area contributed by atoms with Crippen LogP contribution in [0.5, 0.6) is 5.75 Å². The van der Waals surface area contributed by atoms with Crippen molar-refractivity contribution in [3.63, 3.8) is 0 Å². The summed E-state index contributed by atoms with van der Waals surface area (Å²) in [6.07, 6.45) is 7.89. The van der Waals surface area contributed by atoms with Gasteiger partial charge in [-0.05, 0) is 105 Å². The number of rotatable bonds is 9. The number of nitrogens with zero attached hydrogens (tertiary/aromatic N) is 5. The average molecular weight is 715 g/mol. The smallest absolute Gasteiger partial charge is 0.434 e. The standard InChI is InChI=1S/C39H41F3N6O4/c40-39(41,42)34-30(35(49)46-38(36(50)51)25-15-23-14-24(17-25)18-26(38)16-23)6-7-32(45-34)31-21-48(20-22-2-3-22)33-19-28(4-5-29(31)33)52-27-8-12-47(13-9-27)37-43-10-1-11-44-37/h1,4-7,10-11,19,21-27H,2-3,8-9,12-18,20H2,(H,46,49)(H,50,51). The van der Waals surface area contributed by atoms with Crippen LogP contribution < -0.4 is 15.0 Å². The molecular formula is C39H41F3N6O4. The number of hydrogen-bond donors (Lipinski definition) is 2. The second kappa shape index (κ2) is 12.5. The Balaban J connectivity index is 1.000. The Morgan fingerprint density at radius 3 is 2.27 bits per heavy atom. The zero-order chi connectivity index (χ0) is 35.8. The van der Waals surface area contributed by atoms with Crippen molar-refractivity contribution in [2.75, 3.05) is 18.0 Å². The van der Waals surface area contributed by atoms with Crippen LogP contribution >= 0.6 is 0 Å². The van der Waals surface area contributed by atoms with Crippen LogP contribution in [0.3, 0.4) is 0 Å². The molecule has 1 amide bonds. The Labute approximate surface area is 298 Å². The lowest BCUT2D eigenvalue weighted by atomic mass is 9.48. The molecule has 4 heterocycles. The van der Waals surface area contributed by atoms with Gasteiger partial charge < -0.3 is 24.6 Å². The molecule has 0 unspecified atom stereocenters. The topological polar surface area (TPSA) is 122 Å². The number of aliphatic carboxylic acids is 1. The lowest BCUT2D eigenvalue weighted by molar-refractivity contribution is -0.163. The number of carboxylic acids is 1. The van der Waals surface area contributed by atoms with Gasteiger partial charge in [0.1, 0.15) is 17.4 Å². The first-order valence-corrected chi connectivity index (χ1v) is 18.5. The van der Waals surface area contributed by atoms with Crippen LogP contribution in [0.2, 0.25) is 0 Å². The van der Waals surface area contributed by atoms with Gasteiger partial charge in [0.25, 0.3) is 5.91 Å². The number of hydrogen-bond acceptors (Lipinski definition) is 7. The Kier molecular flexibility index (Phi) is 7.96. The first kappa shape index (κ1) is 33.2. The Morgan fingerprint density at radius 2 is 1.63 bits per heavy atom. The van der Waals surface area contributed by atoms with Gasteiger partial charge in [-0.15, -0.1) is 0 Å². The van der Waals surface area contributed by atoms with Gasteiger partial charge in [-0.2, -0.15) is 13.2 Å². The van der Waals surface area contributed by atoms with Gasteiger partial charge in [-0.1, -0.05) is 0 Å². The molecule has 0 atom stereocenters. The molecule has 13 heteroatoms. The number of carboxylic acid groups (broad SMARTS) is 1. The van der Waals surface area contributed by atoms with Crippen LogP contribution in [0.1, 0.15) is 73.8 Å². The van der Waals surface area contributed by atoms with E-state index in [0.717, 1.165) is 68.7 Å². The fraction of sp³-hybridized carbons (Fsp3) is 0.513. The number of nitrogens with one attached hydrogen (secondary N) is 1. The van der Waals surface area contributed by atoms with Gasteiger partial charge in [0, 0.05) is 68.1 Å². The number of pyridine rings is 1. The number of anilines is 1. The Bertz CT molecular complexity index is 1990. The van der Waals surface area contributed by atoms with E-state index in [1.54, 1.807) is 18.5 Å². The van der Waals surface area contributed by atoms with Gasteiger partial charge in [0.2, 0.25) is 5.95 Å². The predicted octanol–water partition coefficient (Wildman–Crippen LogP) is 6.98. The van der Waals surface area contributed by atoms with Gasteiger partial charge in [0.15, 0.2) is 5.69 Å². The largest absolute Gasteiger partial charge is 0.490 e. The Hall–Kier alpha value is -4.68. The molecule has 272 valence electrons. The lowest BCUT2D eigenvalue weighted by Gasteiger charge is -2.59. The van der Waals surface area contributed by atoms with Crippen molar-refractivity contribution in [3.05, 3.63) is 66.2 Å². The number of benzene rings is 1. The summed E-state index contributed by atoms with van der Waals surface area (Å²) in [4.78, 5) is 41.5. The summed E-state index contributed by atoms with van der Waals surface area (Å²) in [5.41, 5.74) is -2.09. The molecule has 52 heavy (non-hydrogen) atoms. The van der Waals surface area contributed by atoms with Gasteiger partial charge >= 0.3 is 12.1 Å².